The van der Waals surface area contributed by atoms with Crippen LogP contribution in [0, 0.1) is 11.8 Å². The molecule has 0 bridgehead atoms. The Hall–Kier alpha value is -2.08. The van der Waals surface area contributed by atoms with Crippen molar-refractivity contribution in [2.75, 3.05) is 44.7 Å². The van der Waals surface area contributed by atoms with E-state index < -0.39 is 5.97 Å². The predicted octanol–water partition coefficient (Wildman–Crippen LogP) is 1.67. The molecule has 0 spiro atoms. The molecule has 25 heavy (non-hydrogen) atoms. The normalized spacial score (nSPS) is 20.9. The molecule has 1 aromatic carbocycles. The van der Waals surface area contributed by atoms with Gasteiger partial charge in [0.25, 0.3) is 0 Å². The van der Waals surface area contributed by atoms with Crippen LogP contribution in [0.3, 0.4) is 0 Å². The number of carboxylic acids is 1. The maximum absolute atomic E-state index is 12.1. The van der Waals surface area contributed by atoms with Crippen molar-refractivity contribution in [3.63, 3.8) is 0 Å². The van der Waals surface area contributed by atoms with Crippen LogP contribution in [-0.4, -0.2) is 61.7 Å². The number of aliphatic carboxylic acids is 1. The highest BCUT2D eigenvalue weighted by Crippen LogP contribution is 2.21. The summed E-state index contributed by atoms with van der Waals surface area (Å²) in [5.74, 6) is -0.847. The number of likely N-dealkylation sites (tertiary alicyclic amines) is 1. The smallest absolute Gasteiger partial charge is 0.307 e. The van der Waals surface area contributed by atoms with Crippen molar-refractivity contribution < 1.29 is 14.7 Å². The van der Waals surface area contributed by atoms with Gasteiger partial charge in [0, 0.05) is 38.9 Å². The Bertz CT molecular complexity index is 564. The predicted molar refractivity (Wildman–Crippen MR) is 98.7 cm³/mol. The van der Waals surface area contributed by atoms with E-state index in [2.05, 4.69) is 22.3 Å². The number of amides is 1. The fourth-order valence-electron chi connectivity index (χ4n) is 3.38. The van der Waals surface area contributed by atoms with Gasteiger partial charge in [-0.2, -0.15) is 0 Å². The van der Waals surface area contributed by atoms with E-state index in [9.17, 15) is 14.7 Å². The van der Waals surface area contributed by atoms with Crippen molar-refractivity contribution in [3.05, 3.63) is 30.3 Å². The van der Waals surface area contributed by atoms with Gasteiger partial charge in [0.15, 0.2) is 0 Å². The van der Waals surface area contributed by atoms with Crippen LogP contribution in [0.2, 0.25) is 0 Å². The van der Waals surface area contributed by atoms with E-state index in [1.807, 2.05) is 37.1 Å². The highest BCUT2D eigenvalue weighted by molar-refractivity contribution is 5.78. The van der Waals surface area contributed by atoms with Gasteiger partial charge >= 0.3 is 5.97 Å². The average Bonchev–Trinajstić information content (AvgIpc) is 2.58. The van der Waals surface area contributed by atoms with Gasteiger partial charge in [-0.05, 0) is 30.9 Å². The second-order valence-electron chi connectivity index (χ2n) is 7.03. The minimum absolute atomic E-state index is 0.0272. The molecule has 1 aliphatic rings. The Kier molecular flexibility index (Phi) is 7.25. The summed E-state index contributed by atoms with van der Waals surface area (Å²) in [4.78, 5) is 27.4. The third-order valence-corrected chi connectivity index (χ3v) is 4.64. The zero-order valence-electron chi connectivity index (χ0n) is 15.1. The maximum Gasteiger partial charge on any atom is 0.307 e. The largest absolute Gasteiger partial charge is 0.481 e. The average molecular weight is 347 g/mol. The monoisotopic (exact) mass is 347 g/mol. The van der Waals surface area contributed by atoms with Crippen LogP contribution in [0.5, 0.6) is 0 Å². The van der Waals surface area contributed by atoms with Gasteiger partial charge in [-0.15, -0.1) is 0 Å². The number of rotatable bonds is 8. The van der Waals surface area contributed by atoms with E-state index in [0.29, 0.717) is 25.4 Å². The van der Waals surface area contributed by atoms with Crippen molar-refractivity contribution in [3.8, 4) is 0 Å². The fourth-order valence-corrected chi connectivity index (χ4v) is 3.38. The number of hydrogen-bond donors (Lipinski definition) is 2. The van der Waals surface area contributed by atoms with Gasteiger partial charge < -0.3 is 15.3 Å². The van der Waals surface area contributed by atoms with Gasteiger partial charge in [0.2, 0.25) is 5.91 Å². The topological polar surface area (TPSA) is 72.9 Å². The molecule has 2 rings (SSSR count). The van der Waals surface area contributed by atoms with E-state index in [4.69, 9.17) is 0 Å². The molecule has 0 aromatic heterocycles. The van der Waals surface area contributed by atoms with Crippen molar-refractivity contribution >= 4 is 17.6 Å². The molecule has 0 saturated carbocycles. The quantitative estimate of drug-likeness (QED) is 0.700. The first-order valence-electron chi connectivity index (χ1n) is 8.93. The highest BCUT2D eigenvalue weighted by atomic mass is 16.4. The van der Waals surface area contributed by atoms with Crippen molar-refractivity contribution in [2.45, 2.75) is 19.8 Å². The summed E-state index contributed by atoms with van der Waals surface area (Å²) in [6.45, 7) is 5.06. The summed E-state index contributed by atoms with van der Waals surface area (Å²) in [6.07, 6.45) is 1.56. The third-order valence-electron chi connectivity index (χ3n) is 4.64. The van der Waals surface area contributed by atoms with Crippen molar-refractivity contribution in [2.24, 2.45) is 11.8 Å². The molecule has 1 aliphatic heterocycles. The lowest BCUT2D eigenvalue weighted by Crippen LogP contribution is -2.47. The van der Waals surface area contributed by atoms with E-state index in [1.165, 1.54) is 0 Å². The minimum Gasteiger partial charge on any atom is -0.481 e. The summed E-state index contributed by atoms with van der Waals surface area (Å²) in [5.41, 5.74) is 1.16. The van der Waals surface area contributed by atoms with E-state index in [0.717, 1.165) is 25.2 Å². The first-order valence-corrected chi connectivity index (χ1v) is 8.93. The first kappa shape index (κ1) is 19.2. The zero-order valence-corrected chi connectivity index (χ0v) is 15.1. The second-order valence-corrected chi connectivity index (χ2v) is 7.03. The van der Waals surface area contributed by atoms with Crippen LogP contribution in [0.1, 0.15) is 19.8 Å². The summed E-state index contributed by atoms with van der Waals surface area (Å²) in [7, 11) is 2.04. The third kappa shape index (κ3) is 6.38. The summed E-state index contributed by atoms with van der Waals surface area (Å²) < 4.78 is 0. The van der Waals surface area contributed by atoms with Gasteiger partial charge in [0.1, 0.15) is 0 Å². The number of nitrogens with one attached hydrogen (secondary N) is 1. The number of nitrogens with zero attached hydrogens (tertiary/aromatic N) is 2. The molecular formula is C19H29N3O3. The molecule has 1 heterocycles. The number of anilines is 1. The number of carbonyl (C=O) groups excluding carboxylic acids is 1. The molecule has 2 N–H and O–H groups in total. The maximum atomic E-state index is 12.1. The van der Waals surface area contributed by atoms with Crippen LogP contribution >= 0.6 is 0 Å². The number of carboxylic acid groups (broad SMARTS) is 1. The molecule has 2 unspecified atom stereocenters. The molecule has 1 amide bonds. The summed E-state index contributed by atoms with van der Waals surface area (Å²) >= 11 is 0. The Balaban J connectivity index is 1.66. The van der Waals surface area contributed by atoms with Gasteiger partial charge in [-0.1, -0.05) is 25.1 Å². The lowest BCUT2D eigenvalue weighted by molar-refractivity contribution is -0.145. The van der Waals surface area contributed by atoms with Gasteiger partial charge in [-0.3, -0.25) is 14.5 Å². The zero-order chi connectivity index (χ0) is 18.2. The molecule has 0 radical (unpaired) electrons. The Labute approximate surface area is 149 Å². The number of para-hydroxylation sites is 1. The molecule has 6 heteroatoms. The highest BCUT2D eigenvalue weighted by Gasteiger charge is 2.30. The molecule has 1 aromatic rings. The van der Waals surface area contributed by atoms with Crippen molar-refractivity contribution in [1.29, 1.82) is 0 Å². The van der Waals surface area contributed by atoms with Crippen LogP contribution < -0.4 is 10.2 Å². The Morgan fingerprint density at radius 3 is 2.68 bits per heavy atom. The lowest BCUT2D eigenvalue weighted by Gasteiger charge is -2.34. The van der Waals surface area contributed by atoms with Gasteiger partial charge in [-0.25, -0.2) is 0 Å². The molecule has 1 fully saturated rings. The number of hydrogen-bond acceptors (Lipinski definition) is 4. The van der Waals surface area contributed by atoms with Crippen LogP contribution in [0.25, 0.3) is 0 Å². The number of piperidine rings is 1. The summed E-state index contributed by atoms with van der Waals surface area (Å²) in [6, 6.07) is 10.1. The summed E-state index contributed by atoms with van der Waals surface area (Å²) in [5, 5.41) is 12.1. The molecule has 6 nitrogen and oxygen atoms in total. The van der Waals surface area contributed by atoms with E-state index in [-0.39, 0.29) is 18.4 Å². The second kappa shape index (κ2) is 9.42. The van der Waals surface area contributed by atoms with Crippen LogP contribution in [0.4, 0.5) is 5.69 Å². The molecule has 138 valence electrons. The van der Waals surface area contributed by atoms with Crippen LogP contribution in [0.15, 0.2) is 30.3 Å². The first-order chi connectivity index (χ1) is 12.0. The van der Waals surface area contributed by atoms with Crippen molar-refractivity contribution in [1.82, 2.24) is 10.2 Å². The SMILES string of the molecule is CC1CC(C(=O)O)CN(CC(=O)NCCCN(C)c2ccccc2)C1. The molecule has 2 atom stereocenters. The number of benzene rings is 1. The van der Waals surface area contributed by atoms with Gasteiger partial charge in [0.05, 0.1) is 12.5 Å². The van der Waals surface area contributed by atoms with E-state index >= 15 is 0 Å². The molecular weight excluding hydrogens is 318 g/mol. The Morgan fingerprint density at radius 2 is 2.00 bits per heavy atom. The lowest BCUT2D eigenvalue weighted by atomic mass is 9.90. The molecule has 1 saturated heterocycles. The van der Waals surface area contributed by atoms with E-state index in [1.54, 1.807) is 0 Å². The minimum atomic E-state index is -0.763. The van der Waals surface area contributed by atoms with Crippen LogP contribution in [-0.2, 0) is 9.59 Å². The fraction of sp³-hybridized carbons (Fsp3) is 0.579. The standard InChI is InChI=1S/C19H29N3O3/c1-15-11-16(19(24)25)13-22(12-15)14-18(23)20-9-6-10-21(2)17-7-4-3-5-8-17/h3-5,7-8,15-16H,6,9-14H2,1-2H3,(H,20,23)(H,24,25). The Morgan fingerprint density at radius 1 is 1.28 bits per heavy atom. The molecule has 0 aliphatic carbocycles. The number of carbonyl (C=O) groups is 2.